The summed E-state index contributed by atoms with van der Waals surface area (Å²) >= 11 is 1.26. The Balaban J connectivity index is 2.01. The van der Waals surface area contributed by atoms with Crippen LogP contribution in [-0.4, -0.2) is 30.2 Å². The van der Waals surface area contributed by atoms with Gasteiger partial charge < -0.3 is 9.63 Å². The molecule has 20 heavy (non-hydrogen) atoms. The lowest BCUT2D eigenvalue weighted by Gasteiger charge is -2.04. The summed E-state index contributed by atoms with van der Waals surface area (Å²) in [5.41, 5.74) is 0. The number of sulfonamides is 1. The lowest BCUT2D eigenvalue weighted by molar-refractivity contribution is 0.285. The van der Waals surface area contributed by atoms with Crippen LogP contribution >= 0.6 is 11.3 Å². The van der Waals surface area contributed by atoms with Crippen molar-refractivity contribution in [3.05, 3.63) is 27.5 Å². The molecule has 0 bridgehead atoms. The summed E-state index contributed by atoms with van der Waals surface area (Å²) in [7, 11) is -3.58. The van der Waals surface area contributed by atoms with E-state index < -0.39 is 10.0 Å². The van der Waals surface area contributed by atoms with Crippen LogP contribution in [0.15, 0.2) is 15.5 Å². The highest BCUT2D eigenvalue weighted by Gasteiger charge is 2.19. The van der Waals surface area contributed by atoms with Gasteiger partial charge in [-0.25, -0.2) is 13.1 Å². The standard InChI is InChI=1S/C11H15N3O4S2/c1-7-10(5-9(6-15)19-7)20(16,17)12-4-3-11-13-8(2)14-18-11/h5,12,15H,3-4,6H2,1-2H3. The smallest absolute Gasteiger partial charge is 0.241 e. The molecule has 0 radical (unpaired) electrons. The first-order valence-corrected chi connectivity index (χ1v) is 8.21. The number of aryl methyl sites for hydroxylation is 2. The van der Waals surface area contributed by atoms with Gasteiger partial charge in [0.25, 0.3) is 0 Å². The maximum absolute atomic E-state index is 12.1. The Kier molecular flexibility index (Phi) is 4.53. The van der Waals surface area contributed by atoms with Gasteiger partial charge in [0.2, 0.25) is 15.9 Å². The monoisotopic (exact) mass is 317 g/mol. The van der Waals surface area contributed by atoms with E-state index >= 15 is 0 Å². The Bertz CT molecular complexity index is 690. The SMILES string of the molecule is Cc1noc(CCNS(=O)(=O)c2cc(CO)sc2C)n1. The highest BCUT2D eigenvalue weighted by Crippen LogP contribution is 2.25. The van der Waals surface area contributed by atoms with Gasteiger partial charge in [-0.1, -0.05) is 5.16 Å². The van der Waals surface area contributed by atoms with Crippen LogP contribution in [0.5, 0.6) is 0 Å². The van der Waals surface area contributed by atoms with E-state index in [0.717, 1.165) is 0 Å². The van der Waals surface area contributed by atoms with Crippen LogP contribution in [0, 0.1) is 13.8 Å². The number of aromatic nitrogens is 2. The largest absolute Gasteiger partial charge is 0.391 e. The van der Waals surface area contributed by atoms with E-state index in [1.807, 2.05) is 0 Å². The summed E-state index contributed by atoms with van der Waals surface area (Å²) in [6.45, 7) is 3.41. The summed E-state index contributed by atoms with van der Waals surface area (Å²) in [4.78, 5) is 5.47. The van der Waals surface area contributed by atoms with E-state index in [4.69, 9.17) is 9.63 Å². The van der Waals surface area contributed by atoms with Gasteiger partial charge in [0, 0.05) is 22.7 Å². The molecule has 0 atom stereocenters. The van der Waals surface area contributed by atoms with Gasteiger partial charge in [-0.3, -0.25) is 0 Å². The molecule has 2 N–H and O–H groups in total. The fourth-order valence-electron chi connectivity index (χ4n) is 1.68. The Hall–Kier alpha value is -1.29. The molecule has 0 spiro atoms. The summed E-state index contributed by atoms with van der Waals surface area (Å²) in [5.74, 6) is 0.910. The molecule has 0 fully saturated rings. The molecule has 0 aliphatic rings. The molecule has 110 valence electrons. The van der Waals surface area contributed by atoms with Gasteiger partial charge in [0.15, 0.2) is 5.82 Å². The second-order valence-electron chi connectivity index (χ2n) is 4.17. The maximum atomic E-state index is 12.1. The van der Waals surface area contributed by atoms with Crippen molar-refractivity contribution in [2.24, 2.45) is 0 Å². The van der Waals surface area contributed by atoms with Gasteiger partial charge >= 0.3 is 0 Å². The summed E-state index contributed by atoms with van der Waals surface area (Å²) in [6, 6.07) is 1.49. The average Bonchev–Trinajstić information content (AvgIpc) is 2.95. The van der Waals surface area contributed by atoms with Crippen LogP contribution in [0.3, 0.4) is 0 Å². The predicted octanol–water partition coefficient (Wildman–Crippen LogP) is 0.761. The molecule has 0 saturated heterocycles. The van der Waals surface area contributed by atoms with E-state index in [0.29, 0.717) is 27.9 Å². The Morgan fingerprint density at radius 3 is 2.75 bits per heavy atom. The number of aliphatic hydroxyl groups excluding tert-OH is 1. The molecule has 2 aromatic heterocycles. The fraction of sp³-hybridized carbons (Fsp3) is 0.455. The molecule has 9 heteroatoms. The fourth-order valence-corrected chi connectivity index (χ4v) is 4.21. The van der Waals surface area contributed by atoms with Gasteiger partial charge in [-0.05, 0) is 19.9 Å². The molecule has 2 rings (SSSR count). The van der Waals surface area contributed by atoms with Crippen LogP contribution in [0.4, 0.5) is 0 Å². The molecule has 0 saturated carbocycles. The molecule has 0 aromatic carbocycles. The molecular weight excluding hydrogens is 302 g/mol. The zero-order valence-electron chi connectivity index (χ0n) is 11.1. The summed E-state index contributed by atoms with van der Waals surface area (Å²) < 4.78 is 31.6. The van der Waals surface area contributed by atoms with E-state index in [9.17, 15) is 8.42 Å². The molecule has 0 aliphatic carbocycles. The number of nitrogens with zero attached hydrogens (tertiary/aromatic N) is 2. The number of hydrogen-bond acceptors (Lipinski definition) is 7. The average molecular weight is 317 g/mol. The van der Waals surface area contributed by atoms with Crippen LogP contribution in [-0.2, 0) is 23.1 Å². The number of aliphatic hydroxyl groups is 1. The number of thiophene rings is 1. The topological polar surface area (TPSA) is 105 Å². The van der Waals surface area contributed by atoms with E-state index in [2.05, 4.69) is 14.9 Å². The van der Waals surface area contributed by atoms with Gasteiger partial charge in [0.1, 0.15) is 0 Å². The van der Waals surface area contributed by atoms with E-state index in [1.165, 1.54) is 17.4 Å². The third-order valence-electron chi connectivity index (χ3n) is 2.57. The molecular formula is C11H15N3O4S2. The van der Waals surface area contributed by atoms with Crippen molar-refractivity contribution in [1.29, 1.82) is 0 Å². The first-order valence-electron chi connectivity index (χ1n) is 5.91. The lowest BCUT2D eigenvalue weighted by atomic mass is 10.4. The van der Waals surface area contributed by atoms with Crippen LogP contribution in [0.25, 0.3) is 0 Å². The quantitative estimate of drug-likeness (QED) is 0.815. The maximum Gasteiger partial charge on any atom is 0.241 e. The van der Waals surface area contributed by atoms with Crippen LogP contribution < -0.4 is 4.72 Å². The van der Waals surface area contributed by atoms with Crippen molar-refractivity contribution in [1.82, 2.24) is 14.9 Å². The molecule has 0 unspecified atom stereocenters. The van der Waals surface area contributed by atoms with E-state index in [1.54, 1.807) is 13.8 Å². The lowest BCUT2D eigenvalue weighted by Crippen LogP contribution is -2.26. The summed E-state index contributed by atoms with van der Waals surface area (Å²) in [6.07, 6.45) is 0.329. The van der Waals surface area contributed by atoms with Gasteiger partial charge in [0.05, 0.1) is 11.5 Å². The van der Waals surface area contributed by atoms with Crippen molar-refractivity contribution in [2.45, 2.75) is 31.8 Å². The van der Waals surface area contributed by atoms with E-state index in [-0.39, 0.29) is 18.0 Å². The first-order chi connectivity index (χ1) is 9.42. The zero-order valence-corrected chi connectivity index (χ0v) is 12.7. The van der Waals surface area contributed by atoms with Crippen molar-refractivity contribution in [3.8, 4) is 0 Å². The van der Waals surface area contributed by atoms with Crippen LogP contribution in [0.2, 0.25) is 0 Å². The van der Waals surface area contributed by atoms with Crippen LogP contribution in [0.1, 0.15) is 21.5 Å². The zero-order chi connectivity index (χ0) is 14.8. The number of rotatable bonds is 6. The highest BCUT2D eigenvalue weighted by atomic mass is 32.2. The Labute approximate surface area is 120 Å². The minimum Gasteiger partial charge on any atom is -0.391 e. The molecule has 2 heterocycles. The van der Waals surface area contributed by atoms with Crippen molar-refractivity contribution < 1.29 is 18.0 Å². The predicted molar refractivity (Wildman–Crippen MR) is 72.9 cm³/mol. The third-order valence-corrected chi connectivity index (χ3v) is 5.32. The number of hydrogen-bond donors (Lipinski definition) is 2. The highest BCUT2D eigenvalue weighted by molar-refractivity contribution is 7.89. The normalized spacial score (nSPS) is 11.9. The van der Waals surface area contributed by atoms with Crippen molar-refractivity contribution in [3.63, 3.8) is 0 Å². The Morgan fingerprint density at radius 2 is 2.20 bits per heavy atom. The second-order valence-corrected chi connectivity index (χ2v) is 7.25. The first kappa shape index (κ1) is 15.1. The molecule has 0 aliphatic heterocycles. The summed E-state index contributed by atoms with van der Waals surface area (Å²) in [5, 5.41) is 12.7. The number of nitrogens with one attached hydrogen (secondary N) is 1. The third kappa shape index (κ3) is 3.42. The van der Waals surface area contributed by atoms with Crippen molar-refractivity contribution >= 4 is 21.4 Å². The van der Waals surface area contributed by atoms with Crippen molar-refractivity contribution in [2.75, 3.05) is 6.54 Å². The molecule has 0 amide bonds. The molecule has 2 aromatic rings. The minimum absolute atomic E-state index is 0.164. The Morgan fingerprint density at radius 1 is 1.45 bits per heavy atom. The van der Waals surface area contributed by atoms with Gasteiger partial charge in [-0.2, -0.15) is 4.98 Å². The second kappa shape index (κ2) is 6.00. The van der Waals surface area contributed by atoms with Gasteiger partial charge in [-0.15, -0.1) is 11.3 Å². The minimum atomic E-state index is -3.58. The molecule has 7 nitrogen and oxygen atoms in total.